The first-order chi connectivity index (χ1) is 8.63. The summed E-state index contributed by atoms with van der Waals surface area (Å²) in [5.74, 6) is 0. The van der Waals surface area contributed by atoms with Gasteiger partial charge in [0.05, 0.1) is 26.1 Å². The average molecular weight is 289 g/mol. The van der Waals surface area contributed by atoms with Crippen molar-refractivity contribution in [2.45, 2.75) is 0 Å². The molecule has 106 valence electrons. The molecule has 1 aromatic rings. The van der Waals surface area contributed by atoms with Crippen molar-refractivity contribution >= 4 is 18.6 Å². The summed E-state index contributed by atoms with van der Waals surface area (Å²) in [4.78, 5) is 20.0. The molecule has 1 aromatic carbocycles. The van der Waals surface area contributed by atoms with Crippen molar-refractivity contribution in [3.8, 4) is 0 Å². The van der Waals surface area contributed by atoms with Crippen LogP contribution in [-0.2, 0) is 9.09 Å². The van der Waals surface area contributed by atoms with Crippen molar-refractivity contribution in [3.05, 3.63) is 34.4 Å². The number of nitro benzene ring substituents is 1. The average Bonchev–Trinajstić information content (AvgIpc) is 2.27. The first kappa shape index (κ1) is 15.8. The molecule has 0 aliphatic rings. The van der Waals surface area contributed by atoms with Gasteiger partial charge >= 0.3 is 7.60 Å². The van der Waals surface area contributed by atoms with Crippen molar-refractivity contribution in [2.24, 2.45) is 0 Å². The fraction of sp³-hybridized carbons (Fsp3) is 0.455. The highest BCUT2D eigenvalue weighted by molar-refractivity contribution is 7.61. The van der Waals surface area contributed by atoms with Gasteiger partial charge in [0.2, 0.25) is 0 Å². The molecule has 1 N–H and O–H groups in total. The van der Waals surface area contributed by atoms with Crippen LogP contribution in [-0.4, -0.2) is 48.6 Å². The van der Waals surface area contributed by atoms with Crippen LogP contribution >= 0.6 is 7.60 Å². The minimum absolute atomic E-state index is 0.0450. The van der Waals surface area contributed by atoms with Gasteiger partial charge in [-0.25, -0.2) is 0 Å². The summed E-state index contributed by atoms with van der Waals surface area (Å²) in [6.07, 6.45) is 0. The second-order valence-electron chi connectivity index (χ2n) is 5.11. The number of likely N-dealkylation sites (N-methyl/N-ethyl adjacent to an activating group) is 1. The van der Waals surface area contributed by atoms with Crippen LogP contribution in [0.25, 0.3) is 0 Å². The monoisotopic (exact) mass is 289 g/mol. The van der Waals surface area contributed by atoms with Gasteiger partial charge in [-0.05, 0) is 6.07 Å². The summed E-state index contributed by atoms with van der Waals surface area (Å²) in [5.41, 5.74) is -0.404. The molecule has 0 spiro atoms. The zero-order chi connectivity index (χ0) is 14.7. The van der Waals surface area contributed by atoms with Crippen LogP contribution in [0, 0.1) is 10.1 Å². The summed E-state index contributed by atoms with van der Waals surface area (Å²) in [6.45, 7) is 0.564. The number of para-hydroxylation sites is 1. The highest BCUT2D eigenvalue weighted by Gasteiger charge is 2.31. The fourth-order valence-electron chi connectivity index (χ4n) is 1.37. The van der Waals surface area contributed by atoms with Crippen LogP contribution in [0.15, 0.2) is 24.3 Å². The highest BCUT2D eigenvalue weighted by Crippen LogP contribution is 2.43. The SMILES string of the molecule is C[N+](C)(C)CCOP(=O)(O)c1ccccc1[N+](=O)[O-]. The number of nitrogens with zero attached hydrogens (tertiary/aromatic N) is 2. The van der Waals surface area contributed by atoms with Gasteiger partial charge in [0.25, 0.3) is 5.69 Å². The van der Waals surface area contributed by atoms with Gasteiger partial charge in [-0.3, -0.25) is 19.2 Å². The zero-order valence-corrected chi connectivity index (χ0v) is 12.0. The van der Waals surface area contributed by atoms with E-state index in [-0.39, 0.29) is 11.9 Å². The molecular formula is C11H18N2O5P+. The molecule has 0 radical (unpaired) electrons. The molecule has 0 bridgehead atoms. The summed E-state index contributed by atoms with van der Waals surface area (Å²) in [6, 6.07) is 5.33. The summed E-state index contributed by atoms with van der Waals surface area (Å²) < 4.78 is 17.6. The Hall–Kier alpha value is -1.27. The van der Waals surface area contributed by atoms with Crippen LogP contribution in [0.1, 0.15) is 0 Å². The molecule has 0 fully saturated rings. The Morgan fingerprint density at radius 1 is 1.37 bits per heavy atom. The van der Waals surface area contributed by atoms with Gasteiger partial charge in [-0.1, -0.05) is 12.1 Å². The van der Waals surface area contributed by atoms with E-state index in [0.717, 1.165) is 0 Å². The number of nitro groups is 1. The lowest BCUT2D eigenvalue weighted by Crippen LogP contribution is -2.37. The van der Waals surface area contributed by atoms with Gasteiger partial charge in [0, 0.05) is 6.07 Å². The van der Waals surface area contributed by atoms with Crippen molar-refractivity contribution in [1.82, 2.24) is 0 Å². The van der Waals surface area contributed by atoms with Crippen molar-refractivity contribution in [3.63, 3.8) is 0 Å². The summed E-state index contributed by atoms with van der Waals surface area (Å²) in [5, 5.41) is 10.5. The highest BCUT2D eigenvalue weighted by atomic mass is 31.2. The van der Waals surface area contributed by atoms with Gasteiger partial charge in [-0.2, -0.15) is 0 Å². The maximum absolute atomic E-state index is 12.0. The van der Waals surface area contributed by atoms with Crippen LogP contribution < -0.4 is 5.30 Å². The van der Waals surface area contributed by atoms with Gasteiger partial charge in [0.1, 0.15) is 18.5 Å². The molecule has 1 unspecified atom stereocenters. The molecule has 7 nitrogen and oxygen atoms in total. The van der Waals surface area contributed by atoms with Crippen LogP contribution in [0.3, 0.4) is 0 Å². The van der Waals surface area contributed by atoms with Gasteiger partial charge < -0.3 is 9.38 Å². The molecular weight excluding hydrogens is 271 g/mol. The molecule has 1 rings (SSSR count). The summed E-state index contributed by atoms with van der Waals surface area (Å²) in [7, 11) is 1.57. The van der Waals surface area contributed by atoms with Crippen LogP contribution in [0.2, 0.25) is 0 Å². The number of benzene rings is 1. The second kappa shape index (κ2) is 5.79. The fourth-order valence-corrected chi connectivity index (χ4v) is 2.55. The van der Waals surface area contributed by atoms with Crippen LogP contribution in [0.4, 0.5) is 5.69 Å². The Labute approximate surface area is 111 Å². The first-order valence-electron chi connectivity index (χ1n) is 5.65. The number of rotatable bonds is 6. The van der Waals surface area contributed by atoms with E-state index in [1.807, 2.05) is 21.1 Å². The van der Waals surface area contributed by atoms with E-state index >= 15 is 0 Å². The molecule has 0 aliphatic carbocycles. The Morgan fingerprint density at radius 2 is 1.95 bits per heavy atom. The Balaban J connectivity index is 2.89. The number of quaternary nitrogens is 1. The van der Waals surface area contributed by atoms with E-state index in [9.17, 15) is 19.6 Å². The van der Waals surface area contributed by atoms with E-state index in [1.54, 1.807) is 0 Å². The maximum Gasteiger partial charge on any atom is 0.365 e. The van der Waals surface area contributed by atoms with Crippen molar-refractivity contribution < 1.29 is 23.4 Å². The van der Waals surface area contributed by atoms with E-state index in [4.69, 9.17) is 4.52 Å². The van der Waals surface area contributed by atoms with Crippen molar-refractivity contribution in [1.29, 1.82) is 0 Å². The predicted octanol–water partition coefficient (Wildman–Crippen LogP) is 1.13. The van der Waals surface area contributed by atoms with E-state index in [2.05, 4.69) is 0 Å². The quantitative estimate of drug-likeness (QED) is 0.367. The molecule has 1 atom stereocenters. The molecule has 19 heavy (non-hydrogen) atoms. The van der Waals surface area contributed by atoms with Gasteiger partial charge in [0.15, 0.2) is 0 Å². The standard InChI is InChI=1S/C11H17N2O5P/c1-13(2,3)8-9-18-19(16,17)11-7-5-4-6-10(11)12(14)15/h4-7H,8-9H2,1-3H3/p+1. The van der Waals surface area contributed by atoms with E-state index in [1.165, 1.54) is 24.3 Å². The first-order valence-corrected chi connectivity index (χ1v) is 7.23. The Kier molecular flexibility index (Phi) is 4.81. The molecule has 8 heteroatoms. The second-order valence-corrected chi connectivity index (χ2v) is 6.89. The third-order valence-corrected chi connectivity index (χ3v) is 3.93. The molecule has 0 aliphatic heterocycles. The Bertz CT molecular complexity index is 512. The molecule has 0 heterocycles. The lowest BCUT2D eigenvalue weighted by atomic mass is 10.3. The minimum Gasteiger partial charge on any atom is -0.329 e. The predicted molar refractivity (Wildman–Crippen MR) is 71.4 cm³/mol. The third kappa shape index (κ3) is 4.72. The largest absolute Gasteiger partial charge is 0.365 e. The molecule has 0 aromatic heterocycles. The van der Waals surface area contributed by atoms with E-state index in [0.29, 0.717) is 11.0 Å². The maximum atomic E-state index is 12.0. The zero-order valence-electron chi connectivity index (χ0n) is 11.1. The lowest BCUT2D eigenvalue weighted by Gasteiger charge is -2.24. The van der Waals surface area contributed by atoms with Crippen molar-refractivity contribution in [2.75, 3.05) is 34.3 Å². The number of hydrogen-bond acceptors (Lipinski definition) is 4. The smallest absolute Gasteiger partial charge is 0.329 e. The molecule has 0 saturated heterocycles. The number of hydrogen-bond donors (Lipinski definition) is 1. The van der Waals surface area contributed by atoms with Gasteiger partial charge in [-0.15, -0.1) is 0 Å². The summed E-state index contributed by atoms with van der Waals surface area (Å²) >= 11 is 0. The molecule has 0 amide bonds. The normalized spacial score (nSPS) is 14.9. The third-order valence-electron chi connectivity index (χ3n) is 2.41. The lowest BCUT2D eigenvalue weighted by molar-refractivity contribution is -0.870. The topological polar surface area (TPSA) is 89.7 Å². The van der Waals surface area contributed by atoms with Crippen LogP contribution in [0.5, 0.6) is 0 Å². The Morgan fingerprint density at radius 3 is 2.47 bits per heavy atom. The van der Waals surface area contributed by atoms with E-state index < -0.39 is 18.2 Å². The minimum atomic E-state index is -4.17. The molecule has 0 saturated carbocycles.